The maximum atomic E-state index is 9.66. The normalized spacial score (nSPS) is 12.6. The van der Waals surface area contributed by atoms with Crippen LogP contribution in [0.5, 0.6) is 5.75 Å². The minimum atomic E-state index is -0.800. The van der Waals surface area contributed by atoms with Crippen LogP contribution in [-0.2, 0) is 0 Å². The van der Waals surface area contributed by atoms with Crippen molar-refractivity contribution in [3.8, 4) is 5.75 Å². The lowest BCUT2D eigenvalue weighted by atomic mass is 10.1. The summed E-state index contributed by atoms with van der Waals surface area (Å²) in [5.74, 6) is 5.57. The number of aliphatic hydroxyl groups excluding tert-OH is 1. The molecule has 0 aromatic heterocycles. The van der Waals surface area contributed by atoms with Gasteiger partial charge in [-0.2, -0.15) is 0 Å². The molecule has 0 aliphatic carbocycles. The van der Waals surface area contributed by atoms with Gasteiger partial charge in [-0.05, 0) is 6.07 Å². The van der Waals surface area contributed by atoms with E-state index in [1.807, 2.05) is 0 Å². The van der Waals surface area contributed by atoms with E-state index in [1.54, 1.807) is 12.1 Å². The molecule has 1 unspecified atom stereocenters. The van der Waals surface area contributed by atoms with Gasteiger partial charge < -0.3 is 9.84 Å². The van der Waals surface area contributed by atoms with Crippen LogP contribution in [0.4, 0.5) is 0 Å². The molecule has 4 nitrogen and oxygen atoms in total. The van der Waals surface area contributed by atoms with Gasteiger partial charge in [-0.25, -0.2) is 0 Å². The van der Waals surface area contributed by atoms with Crippen molar-refractivity contribution in [1.29, 1.82) is 0 Å². The van der Waals surface area contributed by atoms with E-state index in [1.165, 1.54) is 7.11 Å². The zero-order chi connectivity index (χ0) is 11.4. The molecule has 0 bridgehead atoms. The van der Waals surface area contributed by atoms with Crippen molar-refractivity contribution in [3.05, 3.63) is 27.7 Å². The number of ether oxygens (including phenoxy) is 1. The van der Waals surface area contributed by atoms with E-state index >= 15 is 0 Å². The van der Waals surface area contributed by atoms with Crippen molar-refractivity contribution in [2.45, 2.75) is 6.10 Å². The van der Waals surface area contributed by atoms with Gasteiger partial charge in [0.25, 0.3) is 0 Å². The van der Waals surface area contributed by atoms with E-state index in [4.69, 9.17) is 33.8 Å². The molecule has 0 aliphatic heterocycles. The molecule has 1 aromatic carbocycles. The lowest BCUT2D eigenvalue weighted by Crippen LogP contribution is -2.27. The summed E-state index contributed by atoms with van der Waals surface area (Å²) >= 11 is 11.8. The van der Waals surface area contributed by atoms with Crippen LogP contribution < -0.4 is 16.0 Å². The van der Waals surface area contributed by atoms with E-state index < -0.39 is 6.10 Å². The number of hydrazine groups is 1. The van der Waals surface area contributed by atoms with E-state index in [0.717, 1.165) is 0 Å². The van der Waals surface area contributed by atoms with E-state index in [9.17, 15) is 5.11 Å². The van der Waals surface area contributed by atoms with Crippen molar-refractivity contribution >= 4 is 23.2 Å². The highest BCUT2D eigenvalue weighted by molar-refractivity contribution is 6.34. The summed E-state index contributed by atoms with van der Waals surface area (Å²) in [7, 11) is 1.50. The molecule has 0 spiro atoms. The van der Waals surface area contributed by atoms with Crippen LogP contribution in [0.1, 0.15) is 11.7 Å². The molecule has 0 heterocycles. The Morgan fingerprint density at radius 1 is 1.47 bits per heavy atom. The van der Waals surface area contributed by atoms with E-state index in [-0.39, 0.29) is 6.54 Å². The van der Waals surface area contributed by atoms with Crippen molar-refractivity contribution in [3.63, 3.8) is 0 Å². The Balaban J connectivity index is 3.04. The maximum Gasteiger partial charge on any atom is 0.138 e. The summed E-state index contributed by atoms with van der Waals surface area (Å²) in [4.78, 5) is 0. The molecule has 0 fully saturated rings. The second kappa shape index (κ2) is 5.53. The number of nitrogens with one attached hydrogen (secondary N) is 1. The average molecular weight is 251 g/mol. The van der Waals surface area contributed by atoms with Crippen molar-refractivity contribution in [2.24, 2.45) is 5.84 Å². The first-order valence-corrected chi connectivity index (χ1v) is 5.00. The Kier molecular flexibility index (Phi) is 4.63. The molecule has 0 radical (unpaired) electrons. The van der Waals surface area contributed by atoms with Gasteiger partial charge in [-0.3, -0.25) is 11.3 Å². The molecule has 1 rings (SSSR count). The molecule has 1 atom stereocenters. The smallest absolute Gasteiger partial charge is 0.138 e. The Bertz CT molecular complexity index is 347. The summed E-state index contributed by atoms with van der Waals surface area (Å²) in [6, 6.07) is 3.11. The molecular formula is C9H12Cl2N2O2. The second-order valence-corrected chi connectivity index (χ2v) is 3.75. The standard InChI is InChI=1S/C9H12Cl2N2O2/c1-15-9-3-6(10)5(2-7(9)11)8(14)4-13-12/h2-3,8,13-14H,4,12H2,1H3. The molecule has 0 saturated carbocycles. The van der Waals surface area contributed by atoms with Crippen molar-refractivity contribution in [2.75, 3.05) is 13.7 Å². The van der Waals surface area contributed by atoms with Gasteiger partial charge in [0.1, 0.15) is 5.75 Å². The third-order valence-corrected chi connectivity index (χ3v) is 2.56. The lowest BCUT2D eigenvalue weighted by molar-refractivity contribution is 0.175. The average Bonchev–Trinajstić information content (AvgIpc) is 2.21. The minimum Gasteiger partial charge on any atom is -0.495 e. The molecule has 0 amide bonds. The molecule has 15 heavy (non-hydrogen) atoms. The van der Waals surface area contributed by atoms with Crippen LogP contribution >= 0.6 is 23.2 Å². The predicted molar refractivity (Wildman–Crippen MR) is 60.2 cm³/mol. The fourth-order valence-corrected chi connectivity index (χ4v) is 1.71. The summed E-state index contributed by atoms with van der Waals surface area (Å²) in [6.07, 6.45) is -0.800. The van der Waals surface area contributed by atoms with Gasteiger partial charge in [0.05, 0.1) is 23.3 Å². The Labute approximate surface area is 97.9 Å². The third kappa shape index (κ3) is 2.96. The van der Waals surface area contributed by atoms with Crippen LogP contribution in [0, 0.1) is 0 Å². The van der Waals surface area contributed by atoms with Crippen molar-refractivity contribution < 1.29 is 9.84 Å². The topological polar surface area (TPSA) is 67.5 Å². The molecule has 1 aromatic rings. The highest BCUT2D eigenvalue weighted by atomic mass is 35.5. The van der Waals surface area contributed by atoms with Crippen LogP contribution in [0.25, 0.3) is 0 Å². The number of aliphatic hydroxyl groups is 1. The maximum absolute atomic E-state index is 9.66. The number of benzene rings is 1. The highest BCUT2D eigenvalue weighted by Gasteiger charge is 2.14. The highest BCUT2D eigenvalue weighted by Crippen LogP contribution is 2.33. The SMILES string of the molecule is COc1cc(Cl)c(C(O)CNN)cc1Cl. The Hall–Kier alpha value is -0.520. The van der Waals surface area contributed by atoms with Crippen molar-refractivity contribution in [1.82, 2.24) is 5.43 Å². The molecule has 0 aliphatic rings. The molecule has 4 N–H and O–H groups in total. The van der Waals surface area contributed by atoms with Crippen LogP contribution in [0.2, 0.25) is 10.0 Å². The fraction of sp³-hybridized carbons (Fsp3) is 0.333. The third-order valence-electron chi connectivity index (χ3n) is 1.94. The number of methoxy groups -OCH3 is 1. The van der Waals surface area contributed by atoms with Gasteiger partial charge in [0.15, 0.2) is 0 Å². The monoisotopic (exact) mass is 250 g/mol. The predicted octanol–water partition coefficient (Wildman–Crippen LogP) is 1.50. The number of nitrogens with two attached hydrogens (primary N) is 1. The lowest BCUT2D eigenvalue weighted by Gasteiger charge is -2.14. The Morgan fingerprint density at radius 3 is 2.67 bits per heavy atom. The van der Waals surface area contributed by atoms with E-state index in [2.05, 4.69) is 5.43 Å². The first kappa shape index (κ1) is 12.5. The van der Waals surface area contributed by atoms with Gasteiger partial charge in [-0.1, -0.05) is 23.2 Å². The molecular weight excluding hydrogens is 239 g/mol. The number of hydrogen-bond acceptors (Lipinski definition) is 4. The van der Waals surface area contributed by atoms with Gasteiger partial charge in [0, 0.05) is 18.2 Å². The first-order valence-electron chi connectivity index (χ1n) is 4.24. The quantitative estimate of drug-likeness (QED) is 0.560. The largest absolute Gasteiger partial charge is 0.495 e. The number of hydrogen-bond donors (Lipinski definition) is 3. The van der Waals surface area contributed by atoms with Gasteiger partial charge in [0.2, 0.25) is 0 Å². The zero-order valence-electron chi connectivity index (χ0n) is 8.13. The summed E-state index contributed by atoms with van der Waals surface area (Å²) in [6.45, 7) is 0.197. The summed E-state index contributed by atoms with van der Waals surface area (Å²) in [5, 5.41) is 10.4. The first-order chi connectivity index (χ1) is 7.10. The minimum absolute atomic E-state index is 0.197. The van der Waals surface area contributed by atoms with Crippen LogP contribution in [-0.4, -0.2) is 18.8 Å². The zero-order valence-corrected chi connectivity index (χ0v) is 9.64. The van der Waals surface area contributed by atoms with Crippen LogP contribution in [0.3, 0.4) is 0 Å². The molecule has 84 valence electrons. The van der Waals surface area contributed by atoms with Gasteiger partial charge in [-0.15, -0.1) is 0 Å². The van der Waals surface area contributed by atoms with E-state index in [0.29, 0.717) is 21.4 Å². The second-order valence-electron chi connectivity index (χ2n) is 2.93. The summed E-state index contributed by atoms with van der Waals surface area (Å²) in [5.41, 5.74) is 2.87. The Morgan fingerprint density at radius 2 is 2.13 bits per heavy atom. The fourth-order valence-electron chi connectivity index (χ4n) is 1.18. The molecule has 6 heteroatoms. The number of halogens is 2. The number of rotatable bonds is 4. The van der Waals surface area contributed by atoms with Gasteiger partial charge >= 0.3 is 0 Å². The van der Waals surface area contributed by atoms with Crippen LogP contribution in [0.15, 0.2) is 12.1 Å². The molecule has 0 saturated heterocycles. The summed E-state index contributed by atoms with van der Waals surface area (Å²) < 4.78 is 4.98.